The zero-order valence-corrected chi connectivity index (χ0v) is 16.6. The normalized spacial score (nSPS) is 15.4. The summed E-state index contributed by atoms with van der Waals surface area (Å²) in [6.45, 7) is 3.81. The molecule has 0 unspecified atom stereocenters. The van der Waals surface area contributed by atoms with Gasteiger partial charge in [-0.2, -0.15) is 0 Å². The van der Waals surface area contributed by atoms with E-state index in [9.17, 15) is 4.79 Å². The van der Waals surface area contributed by atoms with Crippen molar-refractivity contribution >= 4 is 11.6 Å². The molecule has 2 heterocycles. The Bertz CT molecular complexity index is 1000. The number of hydrogen-bond acceptors (Lipinski definition) is 6. The lowest BCUT2D eigenvalue weighted by molar-refractivity contribution is 0.0954. The number of fused-ring (bicyclic) bond motifs is 1. The smallest absolute Gasteiger partial charge is 0.251 e. The van der Waals surface area contributed by atoms with E-state index in [0.29, 0.717) is 35.5 Å². The second kappa shape index (κ2) is 8.45. The largest absolute Gasteiger partial charge is 0.418 e. The lowest BCUT2D eigenvalue weighted by Crippen LogP contribution is -2.37. The number of ether oxygens (including phenoxy) is 1. The molecule has 4 rings (SSSR count). The molecule has 1 N–H and O–H groups in total. The topological polar surface area (TPSA) is 80.5 Å². The summed E-state index contributed by atoms with van der Waals surface area (Å²) in [5.74, 6) is 0.648. The third-order valence-corrected chi connectivity index (χ3v) is 5.09. The van der Waals surface area contributed by atoms with Gasteiger partial charge in [0.2, 0.25) is 11.8 Å². The highest BCUT2D eigenvalue weighted by atomic mass is 16.5. The number of anilines is 1. The molecule has 1 atom stereocenters. The van der Waals surface area contributed by atoms with Crippen LogP contribution < -0.4 is 10.2 Å². The lowest BCUT2D eigenvalue weighted by atomic mass is 10.1. The highest BCUT2D eigenvalue weighted by molar-refractivity contribution is 5.95. The summed E-state index contributed by atoms with van der Waals surface area (Å²) < 4.78 is 10.5. The molecule has 1 aliphatic heterocycles. The fourth-order valence-electron chi connectivity index (χ4n) is 3.71. The van der Waals surface area contributed by atoms with Gasteiger partial charge in [0.15, 0.2) is 0 Å². The van der Waals surface area contributed by atoms with Crippen molar-refractivity contribution in [1.82, 2.24) is 15.5 Å². The third kappa shape index (κ3) is 4.14. The number of nitrogens with zero attached hydrogens (tertiary/aromatic N) is 3. The van der Waals surface area contributed by atoms with Crippen LogP contribution in [-0.2, 0) is 17.8 Å². The van der Waals surface area contributed by atoms with Crippen molar-refractivity contribution in [2.45, 2.75) is 26.0 Å². The Kier molecular flexibility index (Phi) is 5.57. The molecule has 0 radical (unpaired) electrons. The van der Waals surface area contributed by atoms with E-state index in [4.69, 9.17) is 9.15 Å². The van der Waals surface area contributed by atoms with Crippen LogP contribution in [0.4, 0.5) is 5.69 Å². The van der Waals surface area contributed by atoms with Crippen LogP contribution in [0.5, 0.6) is 0 Å². The molecule has 3 aromatic rings. The summed E-state index contributed by atoms with van der Waals surface area (Å²) in [4.78, 5) is 15.0. The van der Waals surface area contributed by atoms with Gasteiger partial charge in [0.05, 0.1) is 0 Å². The van der Waals surface area contributed by atoms with Gasteiger partial charge in [0, 0.05) is 43.1 Å². The van der Waals surface area contributed by atoms with Crippen molar-refractivity contribution < 1.29 is 13.9 Å². The molecule has 1 aromatic heterocycles. The first kappa shape index (κ1) is 19.1. The van der Waals surface area contributed by atoms with Crippen LogP contribution >= 0.6 is 0 Å². The standard InChI is InChI=1S/C22H24N4O3/c1-15-12-16-6-3-4-9-19(16)26(15)11-10-23-21(27)17-7-5-8-18(13-17)22-25-24-20(29-22)14-28-2/h3-9,13,15H,10-12,14H2,1-2H3,(H,23,27)/t15-/m0/s1. The molecule has 2 aromatic carbocycles. The van der Waals surface area contributed by atoms with Crippen LogP contribution in [-0.4, -0.2) is 42.3 Å². The minimum absolute atomic E-state index is 0.122. The maximum atomic E-state index is 12.6. The number of benzene rings is 2. The maximum absolute atomic E-state index is 12.6. The van der Waals surface area contributed by atoms with Crippen molar-refractivity contribution in [1.29, 1.82) is 0 Å². The van der Waals surface area contributed by atoms with Gasteiger partial charge in [-0.3, -0.25) is 4.79 Å². The number of carbonyl (C=O) groups excluding carboxylic acids is 1. The maximum Gasteiger partial charge on any atom is 0.251 e. The van der Waals surface area contributed by atoms with E-state index in [-0.39, 0.29) is 12.5 Å². The van der Waals surface area contributed by atoms with Crippen molar-refractivity contribution in [3.63, 3.8) is 0 Å². The summed E-state index contributed by atoms with van der Waals surface area (Å²) in [6.07, 6.45) is 1.04. The molecule has 7 nitrogen and oxygen atoms in total. The highest BCUT2D eigenvalue weighted by Crippen LogP contribution is 2.31. The first-order valence-electron chi connectivity index (χ1n) is 9.70. The van der Waals surface area contributed by atoms with Crippen molar-refractivity contribution in [3.05, 3.63) is 65.5 Å². The number of amides is 1. The Morgan fingerprint density at radius 1 is 1.24 bits per heavy atom. The second-order valence-electron chi connectivity index (χ2n) is 7.15. The van der Waals surface area contributed by atoms with E-state index >= 15 is 0 Å². The van der Waals surface area contributed by atoms with Gasteiger partial charge in [-0.25, -0.2) is 0 Å². The Labute approximate surface area is 169 Å². The molecule has 0 saturated heterocycles. The summed E-state index contributed by atoms with van der Waals surface area (Å²) in [6, 6.07) is 16.1. The highest BCUT2D eigenvalue weighted by Gasteiger charge is 2.25. The van der Waals surface area contributed by atoms with Gasteiger partial charge in [-0.05, 0) is 43.2 Å². The monoisotopic (exact) mass is 392 g/mol. The SMILES string of the molecule is COCc1nnc(-c2cccc(C(=O)NCCN3c4ccccc4C[C@@H]3C)c2)o1. The molecule has 1 amide bonds. The molecular formula is C22H24N4O3. The Hall–Kier alpha value is -3.19. The number of carbonyl (C=O) groups is 1. The average Bonchev–Trinajstić information content (AvgIpc) is 3.33. The zero-order valence-electron chi connectivity index (χ0n) is 16.6. The molecular weight excluding hydrogens is 368 g/mol. The quantitative estimate of drug-likeness (QED) is 0.666. The summed E-state index contributed by atoms with van der Waals surface area (Å²) in [5.41, 5.74) is 3.89. The van der Waals surface area contributed by atoms with Crippen LogP contribution in [0.3, 0.4) is 0 Å². The Morgan fingerprint density at radius 3 is 2.97 bits per heavy atom. The first-order valence-corrected chi connectivity index (χ1v) is 9.70. The second-order valence-corrected chi connectivity index (χ2v) is 7.15. The minimum atomic E-state index is -0.122. The molecule has 150 valence electrons. The van der Waals surface area contributed by atoms with E-state index < -0.39 is 0 Å². The van der Waals surface area contributed by atoms with Gasteiger partial charge in [0.25, 0.3) is 5.91 Å². The van der Waals surface area contributed by atoms with E-state index in [2.05, 4.69) is 51.6 Å². The number of methoxy groups -OCH3 is 1. The van der Waals surface area contributed by atoms with Gasteiger partial charge >= 0.3 is 0 Å². The van der Waals surface area contributed by atoms with Crippen LogP contribution in [0.25, 0.3) is 11.5 Å². The summed E-state index contributed by atoms with van der Waals surface area (Å²) in [7, 11) is 1.57. The Balaban J connectivity index is 1.38. The van der Waals surface area contributed by atoms with E-state index in [1.165, 1.54) is 11.3 Å². The van der Waals surface area contributed by atoms with Crippen LogP contribution in [0, 0.1) is 0 Å². The Morgan fingerprint density at radius 2 is 2.10 bits per heavy atom. The van der Waals surface area contributed by atoms with E-state index in [1.54, 1.807) is 19.2 Å². The van der Waals surface area contributed by atoms with E-state index in [1.807, 2.05) is 12.1 Å². The molecule has 0 fully saturated rings. The molecule has 7 heteroatoms. The predicted molar refractivity (Wildman–Crippen MR) is 110 cm³/mol. The fraction of sp³-hybridized carbons (Fsp3) is 0.318. The lowest BCUT2D eigenvalue weighted by Gasteiger charge is -2.25. The van der Waals surface area contributed by atoms with Gasteiger partial charge in [-0.15, -0.1) is 10.2 Å². The van der Waals surface area contributed by atoms with Gasteiger partial charge in [-0.1, -0.05) is 24.3 Å². The third-order valence-electron chi connectivity index (χ3n) is 5.09. The molecule has 0 bridgehead atoms. The number of hydrogen-bond donors (Lipinski definition) is 1. The summed E-state index contributed by atoms with van der Waals surface area (Å²) >= 11 is 0. The van der Waals surface area contributed by atoms with Crippen LogP contribution in [0.15, 0.2) is 52.9 Å². The van der Waals surface area contributed by atoms with Gasteiger partial charge < -0.3 is 19.4 Å². The van der Waals surface area contributed by atoms with Crippen molar-refractivity contribution in [2.75, 3.05) is 25.1 Å². The average molecular weight is 392 g/mol. The minimum Gasteiger partial charge on any atom is -0.418 e. The van der Waals surface area contributed by atoms with Crippen LogP contribution in [0.2, 0.25) is 0 Å². The number of para-hydroxylation sites is 1. The number of aromatic nitrogens is 2. The van der Waals surface area contributed by atoms with Gasteiger partial charge in [0.1, 0.15) is 6.61 Å². The molecule has 0 aliphatic carbocycles. The molecule has 0 spiro atoms. The number of rotatable bonds is 7. The van der Waals surface area contributed by atoms with Crippen molar-refractivity contribution in [2.24, 2.45) is 0 Å². The number of nitrogens with one attached hydrogen (secondary N) is 1. The summed E-state index contributed by atoms with van der Waals surface area (Å²) in [5, 5.41) is 11.0. The van der Waals surface area contributed by atoms with Crippen molar-refractivity contribution in [3.8, 4) is 11.5 Å². The molecule has 0 saturated carbocycles. The van der Waals surface area contributed by atoms with Crippen LogP contribution in [0.1, 0.15) is 28.7 Å². The zero-order chi connectivity index (χ0) is 20.2. The van der Waals surface area contributed by atoms with E-state index in [0.717, 1.165) is 13.0 Å². The molecule has 1 aliphatic rings. The fourth-order valence-corrected chi connectivity index (χ4v) is 3.71. The molecule has 29 heavy (non-hydrogen) atoms. The first-order chi connectivity index (χ1) is 14.2. The predicted octanol–water partition coefficient (Wildman–Crippen LogP) is 3.06.